The number of quaternary nitrogens is 2. The molecule has 3 heterocycles. The van der Waals surface area contributed by atoms with Gasteiger partial charge in [-0.3, -0.25) is 4.79 Å². The Morgan fingerprint density at radius 1 is 0.756 bits per heavy atom. The van der Waals surface area contributed by atoms with Gasteiger partial charge in [0.2, 0.25) is 0 Å². The number of anilines is 1. The molecule has 0 aromatic heterocycles. The first-order valence-corrected chi connectivity index (χ1v) is 16.1. The van der Waals surface area contributed by atoms with Gasteiger partial charge in [-0.15, -0.1) is 0 Å². The van der Waals surface area contributed by atoms with Crippen molar-refractivity contribution in [3.63, 3.8) is 0 Å². The van der Waals surface area contributed by atoms with E-state index in [2.05, 4.69) is 27.7 Å². The first-order chi connectivity index (χ1) is 20.1. The van der Waals surface area contributed by atoms with Crippen molar-refractivity contribution in [2.24, 2.45) is 0 Å². The fraction of sp³-hybridized carbons (Fsp3) is 0.606. The summed E-state index contributed by atoms with van der Waals surface area (Å²) in [6, 6.07) is 11.2. The lowest BCUT2D eigenvalue weighted by Gasteiger charge is -2.33. The number of hydrogen-bond acceptors (Lipinski definition) is 4. The fourth-order valence-electron chi connectivity index (χ4n) is 7.07. The Kier molecular flexibility index (Phi) is 9.26. The Balaban J connectivity index is 1.09. The number of hydrogen-bond donors (Lipinski definition) is 2. The molecule has 3 saturated heterocycles. The largest absolute Gasteiger partial charge is 0.490 e. The van der Waals surface area contributed by atoms with Crippen LogP contribution in [0.3, 0.4) is 0 Å². The number of carbonyl (C=O) groups is 1. The van der Waals surface area contributed by atoms with Crippen LogP contribution in [0.1, 0.15) is 79.6 Å². The Labute approximate surface area is 243 Å². The van der Waals surface area contributed by atoms with E-state index in [0.29, 0.717) is 24.8 Å². The summed E-state index contributed by atoms with van der Waals surface area (Å²) in [6.07, 6.45) is 10.0. The number of nitrogens with zero attached hydrogens (tertiary/aromatic N) is 2. The van der Waals surface area contributed by atoms with Crippen LogP contribution in [0.2, 0.25) is 0 Å². The molecule has 1 aliphatic carbocycles. The molecule has 6 rings (SSSR count). The van der Waals surface area contributed by atoms with Crippen LogP contribution in [0.15, 0.2) is 36.4 Å². The standard InChI is InChI=1S/C33H45FN4O3/c34-26-21-27(37-18-14-36-15-19-37)23-30(22-26)40-29-10-16-38(17-11-29)33(39)25-6-7-32(41-28-8-12-35-13-9-28)31(20-25)24-4-2-1-3-5-24/h6-7,20-24,28-29,35-36H,1-5,8-19H2/p+2. The van der Waals surface area contributed by atoms with Crippen molar-refractivity contribution in [2.45, 2.75) is 75.9 Å². The van der Waals surface area contributed by atoms with E-state index in [1.54, 1.807) is 6.07 Å². The van der Waals surface area contributed by atoms with E-state index >= 15 is 0 Å². The Morgan fingerprint density at radius 3 is 2.22 bits per heavy atom. The van der Waals surface area contributed by atoms with Crippen molar-refractivity contribution in [3.8, 4) is 11.5 Å². The lowest BCUT2D eigenvalue weighted by Crippen LogP contribution is -2.89. The van der Waals surface area contributed by atoms with E-state index in [4.69, 9.17) is 9.47 Å². The normalized spacial score (nSPS) is 21.6. The number of benzene rings is 2. The zero-order valence-electron chi connectivity index (χ0n) is 24.4. The molecular formula is C33H47FN4O3+2. The molecular weight excluding hydrogens is 519 g/mol. The number of amides is 1. The third-order valence-corrected chi connectivity index (χ3v) is 9.44. The Morgan fingerprint density at radius 2 is 1.46 bits per heavy atom. The minimum absolute atomic E-state index is 0.0234. The molecule has 0 atom stereocenters. The van der Waals surface area contributed by atoms with E-state index in [9.17, 15) is 9.18 Å². The first kappa shape index (κ1) is 28.3. The van der Waals surface area contributed by atoms with Gasteiger partial charge in [0.25, 0.3) is 5.91 Å². The number of ether oxygens (including phenoxy) is 2. The van der Waals surface area contributed by atoms with Crippen LogP contribution in [0, 0.1) is 5.82 Å². The van der Waals surface area contributed by atoms with Crippen molar-refractivity contribution in [1.82, 2.24) is 4.90 Å². The minimum Gasteiger partial charge on any atom is -0.490 e. The van der Waals surface area contributed by atoms with E-state index in [0.717, 1.165) is 82.0 Å². The number of halogens is 1. The lowest BCUT2D eigenvalue weighted by atomic mass is 9.83. The monoisotopic (exact) mass is 566 g/mol. The molecule has 1 saturated carbocycles. The zero-order valence-corrected chi connectivity index (χ0v) is 24.4. The average molecular weight is 567 g/mol. The third-order valence-electron chi connectivity index (χ3n) is 9.44. The van der Waals surface area contributed by atoms with Crippen LogP contribution >= 0.6 is 0 Å². The van der Waals surface area contributed by atoms with Crippen LogP contribution in [-0.4, -0.2) is 75.4 Å². The number of likely N-dealkylation sites (tertiary alicyclic amines) is 1. The quantitative estimate of drug-likeness (QED) is 0.541. The molecule has 2 aromatic carbocycles. The third kappa shape index (κ3) is 7.15. The fourth-order valence-corrected chi connectivity index (χ4v) is 7.07. The highest BCUT2D eigenvalue weighted by Gasteiger charge is 2.28. The summed E-state index contributed by atoms with van der Waals surface area (Å²) in [7, 11) is 0. The predicted octanol–water partition coefficient (Wildman–Crippen LogP) is 3.05. The SMILES string of the molecule is O=C(c1ccc(OC2CC[NH2+]CC2)c(C2CCCCC2)c1)N1CCC(Oc2cc(F)cc(N3CC[NH2+]CC3)c2)CC1. The van der Waals surface area contributed by atoms with Crippen molar-refractivity contribution >= 4 is 11.6 Å². The number of piperazine rings is 1. The topological polar surface area (TPSA) is 75.2 Å². The van der Waals surface area contributed by atoms with Crippen LogP contribution in [0.25, 0.3) is 0 Å². The summed E-state index contributed by atoms with van der Waals surface area (Å²) in [5.74, 6) is 1.88. The molecule has 41 heavy (non-hydrogen) atoms. The molecule has 4 aliphatic rings. The molecule has 222 valence electrons. The van der Waals surface area contributed by atoms with Gasteiger partial charge in [-0.2, -0.15) is 0 Å². The van der Waals surface area contributed by atoms with Gasteiger partial charge in [0.15, 0.2) is 0 Å². The van der Waals surface area contributed by atoms with Crippen molar-refractivity contribution in [2.75, 3.05) is 57.3 Å². The lowest BCUT2D eigenvalue weighted by molar-refractivity contribution is -0.664. The molecule has 4 fully saturated rings. The maximum Gasteiger partial charge on any atom is 0.253 e. The average Bonchev–Trinajstić information content (AvgIpc) is 3.02. The molecule has 7 nitrogen and oxygen atoms in total. The van der Waals surface area contributed by atoms with Gasteiger partial charge in [0.05, 0.1) is 39.3 Å². The summed E-state index contributed by atoms with van der Waals surface area (Å²) in [5.41, 5.74) is 2.89. The second kappa shape index (κ2) is 13.4. The van der Waals surface area contributed by atoms with Gasteiger partial charge in [-0.05, 0) is 48.6 Å². The highest BCUT2D eigenvalue weighted by atomic mass is 19.1. The van der Waals surface area contributed by atoms with E-state index in [1.807, 2.05) is 17.0 Å². The van der Waals surface area contributed by atoms with Gasteiger partial charge in [-0.1, -0.05) is 19.3 Å². The molecule has 0 unspecified atom stereocenters. The molecule has 3 aliphatic heterocycles. The van der Waals surface area contributed by atoms with Gasteiger partial charge < -0.3 is 29.9 Å². The van der Waals surface area contributed by atoms with E-state index in [1.165, 1.54) is 43.7 Å². The van der Waals surface area contributed by atoms with Crippen molar-refractivity contribution in [3.05, 3.63) is 53.3 Å². The predicted molar refractivity (Wildman–Crippen MR) is 157 cm³/mol. The maximum atomic E-state index is 14.4. The number of rotatable bonds is 7. The highest BCUT2D eigenvalue weighted by Crippen LogP contribution is 2.39. The zero-order chi connectivity index (χ0) is 28.0. The second-order valence-corrected chi connectivity index (χ2v) is 12.4. The smallest absolute Gasteiger partial charge is 0.253 e. The van der Waals surface area contributed by atoms with E-state index in [-0.39, 0.29) is 23.9 Å². The van der Waals surface area contributed by atoms with Crippen molar-refractivity contribution < 1.29 is 29.3 Å². The number of nitrogens with two attached hydrogens (primary N) is 2. The molecule has 8 heteroatoms. The van der Waals surface area contributed by atoms with Gasteiger partial charge >= 0.3 is 0 Å². The molecule has 4 N–H and O–H groups in total. The molecule has 2 aromatic rings. The number of carbonyl (C=O) groups excluding carboxylic acids is 1. The molecule has 0 spiro atoms. The van der Waals surface area contributed by atoms with Gasteiger partial charge in [0, 0.05) is 62.2 Å². The Hall–Kier alpha value is -2.84. The van der Waals surface area contributed by atoms with E-state index < -0.39 is 0 Å². The minimum atomic E-state index is -0.261. The molecule has 0 bridgehead atoms. The van der Waals surface area contributed by atoms with Gasteiger partial charge in [-0.25, -0.2) is 4.39 Å². The van der Waals surface area contributed by atoms with Crippen LogP contribution in [0.4, 0.5) is 10.1 Å². The molecule has 1 amide bonds. The summed E-state index contributed by atoms with van der Waals surface area (Å²) in [5, 5.41) is 4.65. The van der Waals surface area contributed by atoms with Crippen LogP contribution in [-0.2, 0) is 0 Å². The number of piperidine rings is 2. The maximum absolute atomic E-state index is 14.4. The Bertz CT molecular complexity index is 1170. The van der Waals surface area contributed by atoms with Crippen molar-refractivity contribution in [1.29, 1.82) is 0 Å². The molecule has 0 radical (unpaired) electrons. The highest BCUT2D eigenvalue weighted by molar-refractivity contribution is 5.94. The summed E-state index contributed by atoms with van der Waals surface area (Å²) < 4.78 is 27.3. The van der Waals surface area contributed by atoms with Gasteiger partial charge in [0.1, 0.15) is 29.5 Å². The summed E-state index contributed by atoms with van der Waals surface area (Å²) in [4.78, 5) is 17.8. The van der Waals surface area contributed by atoms with Crippen LogP contribution < -0.4 is 25.0 Å². The first-order valence-electron chi connectivity index (χ1n) is 16.1. The second-order valence-electron chi connectivity index (χ2n) is 12.4. The summed E-state index contributed by atoms with van der Waals surface area (Å²) in [6.45, 7) is 7.41. The summed E-state index contributed by atoms with van der Waals surface area (Å²) >= 11 is 0. The van der Waals surface area contributed by atoms with Crippen LogP contribution in [0.5, 0.6) is 11.5 Å².